The second-order valence-corrected chi connectivity index (χ2v) is 4.20. The van der Waals surface area contributed by atoms with Crippen LogP contribution in [0.1, 0.15) is 6.92 Å². The van der Waals surface area contributed by atoms with Crippen molar-refractivity contribution in [2.45, 2.75) is 19.1 Å². The largest absolute Gasteiger partial charge is 0.497 e. The molecule has 3 aliphatic rings. The molecule has 0 saturated heterocycles. The van der Waals surface area contributed by atoms with Crippen LogP contribution in [-0.2, 0) is 14.0 Å². The molecule has 0 fully saturated rings. The Morgan fingerprint density at radius 2 is 2.29 bits per heavy atom. The molecule has 3 aliphatic heterocycles. The van der Waals surface area contributed by atoms with Crippen LogP contribution in [0.3, 0.4) is 0 Å². The van der Waals surface area contributed by atoms with Crippen LogP contribution in [0.5, 0.6) is 0 Å². The molecule has 0 amide bonds. The lowest BCUT2D eigenvalue weighted by atomic mass is 9.70. The molecule has 0 aliphatic carbocycles. The molecule has 0 saturated carbocycles. The number of ether oxygens (including phenoxy) is 1. The molecule has 0 aromatic rings. The van der Waals surface area contributed by atoms with Crippen LogP contribution in [-0.4, -0.2) is 32.5 Å². The second-order valence-electron chi connectivity index (χ2n) is 4.20. The van der Waals surface area contributed by atoms with Gasteiger partial charge in [-0.25, -0.2) is 0 Å². The predicted octanol–water partition coefficient (Wildman–Crippen LogP) is 0.979. The fourth-order valence-corrected chi connectivity index (χ4v) is 2.34. The Morgan fingerprint density at radius 3 is 3.06 bits per heavy atom. The highest BCUT2D eigenvalue weighted by atomic mass is 35.5. The number of nitrogens with two attached hydrogens (primary N) is 1. The monoisotopic (exact) mass is 255 g/mol. The third-order valence-electron chi connectivity index (χ3n) is 3.19. The van der Waals surface area contributed by atoms with E-state index in [0.717, 1.165) is 11.0 Å². The first-order chi connectivity index (χ1) is 7.79. The number of rotatable bonds is 1. The van der Waals surface area contributed by atoms with Crippen LogP contribution in [0.15, 0.2) is 35.0 Å². The summed E-state index contributed by atoms with van der Waals surface area (Å²) >= 11 is 0. The molecule has 6 heteroatoms. The van der Waals surface area contributed by atoms with E-state index in [1.165, 1.54) is 5.57 Å². The van der Waals surface area contributed by atoms with Gasteiger partial charge in [-0.2, -0.15) is 0 Å². The lowest BCUT2D eigenvalue weighted by Crippen LogP contribution is -2.36. The predicted molar refractivity (Wildman–Crippen MR) is 67.7 cm³/mol. The van der Waals surface area contributed by atoms with Crippen molar-refractivity contribution in [3.63, 3.8) is 0 Å². The van der Waals surface area contributed by atoms with Crippen LogP contribution >= 0.6 is 12.4 Å². The zero-order chi connectivity index (χ0) is 11.1. The molecule has 2 atom stereocenters. The van der Waals surface area contributed by atoms with E-state index < -0.39 is 0 Å². The second kappa shape index (κ2) is 4.86. The summed E-state index contributed by atoms with van der Waals surface area (Å²) in [6.07, 6.45) is 5.71. The summed E-state index contributed by atoms with van der Waals surface area (Å²) < 4.78 is 16.9. The topological polar surface area (TPSA) is 53.7 Å². The maximum absolute atomic E-state index is 5.76. The molecule has 2 N–H and O–H groups in total. The van der Waals surface area contributed by atoms with E-state index in [4.69, 9.17) is 19.8 Å². The lowest BCUT2D eigenvalue weighted by Gasteiger charge is -2.24. The van der Waals surface area contributed by atoms with Gasteiger partial charge in [0, 0.05) is 6.54 Å². The summed E-state index contributed by atoms with van der Waals surface area (Å²) in [5.41, 5.74) is 9.07. The van der Waals surface area contributed by atoms with Gasteiger partial charge in [0.05, 0.1) is 18.5 Å². The Kier molecular flexibility index (Phi) is 3.63. The Hall–Kier alpha value is -0.745. The Balaban J connectivity index is 0.00000108. The van der Waals surface area contributed by atoms with Crippen molar-refractivity contribution in [2.75, 3.05) is 13.2 Å². The first-order valence-electron chi connectivity index (χ1n) is 5.54. The zero-order valence-corrected chi connectivity index (χ0v) is 10.4. The highest BCUT2D eigenvalue weighted by Gasteiger charge is 2.43. The van der Waals surface area contributed by atoms with Crippen LogP contribution in [0.2, 0.25) is 0 Å². The van der Waals surface area contributed by atoms with Gasteiger partial charge in [-0.15, -0.1) is 12.4 Å². The summed E-state index contributed by atoms with van der Waals surface area (Å²) in [7, 11) is -0.273. The number of hydrogen-bond acceptors (Lipinski definition) is 4. The van der Waals surface area contributed by atoms with Crippen molar-refractivity contribution in [3.05, 3.63) is 35.0 Å². The third-order valence-corrected chi connectivity index (χ3v) is 3.19. The van der Waals surface area contributed by atoms with Gasteiger partial charge in [-0.05, 0) is 35.7 Å². The van der Waals surface area contributed by atoms with Gasteiger partial charge in [0.2, 0.25) is 0 Å². The van der Waals surface area contributed by atoms with Crippen molar-refractivity contribution < 1.29 is 14.0 Å². The summed E-state index contributed by atoms with van der Waals surface area (Å²) in [6.45, 7) is 3.07. The van der Waals surface area contributed by atoms with E-state index in [0.29, 0.717) is 13.2 Å². The fraction of sp³-hybridized carbons (Fsp3) is 0.455. The number of halogens is 1. The van der Waals surface area contributed by atoms with E-state index >= 15 is 0 Å². The van der Waals surface area contributed by atoms with Crippen molar-refractivity contribution in [1.29, 1.82) is 0 Å². The first kappa shape index (κ1) is 12.7. The average molecular weight is 256 g/mol. The Morgan fingerprint density at radius 1 is 1.47 bits per heavy atom. The van der Waals surface area contributed by atoms with Crippen LogP contribution in [0.25, 0.3) is 0 Å². The molecule has 17 heavy (non-hydrogen) atoms. The molecule has 3 rings (SSSR count). The first-order valence-corrected chi connectivity index (χ1v) is 5.54. The summed E-state index contributed by atoms with van der Waals surface area (Å²) in [4.78, 5) is 0. The van der Waals surface area contributed by atoms with E-state index in [-0.39, 0.29) is 31.7 Å². The van der Waals surface area contributed by atoms with Crippen molar-refractivity contribution in [3.8, 4) is 0 Å². The Bertz CT molecular complexity index is 408. The summed E-state index contributed by atoms with van der Waals surface area (Å²) in [6, 6.07) is 0. The fourth-order valence-electron chi connectivity index (χ4n) is 2.34. The molecular formula is C11H15BClNO3. The van der Waals surface area contributed by atoms with E-state index in [1.807, 2.05) is 19.1 Å². The summed E-state index contributed by atoms with van der Waals surface area (Å²) in [5, 5.41) is 0. The summed E-state index contributed by atoms with van der Waals surface area (Å²) in [5.74, 6) is 0. The maximum atomic E-state index is 5.76. The highest BCUT2D eigenvalue weighted by Crippen LogP contribution is 2.36. The van der Waals surface area contributed by atoms with Gasteiger partial charge < -0.3 is 19.8 Å². The van der Waals surface area contributed by atoms with Gasteiger partial charge in [0.15, 0.2) is 0 Å². The average Bonchev–Trinajstić information content (AvgIpc) is 2.49. The maximum Gasteiger partial charge on any atom is 0.495 e. The Labute approximate surface area is 107 Å². The standard InChI is InChI=1S/C11H14BNO3.ClH/c1-7-10-6-14-3-2-8-4-9(5-13)16-12(15-7)11(8)10;/h2-4,7,9H,5-6,13H2,1H3;1H. The smallest absolute Gasteiger partial charge is 0.495 e. The molecule has 4 nitrogen and oxygen atoms in total. The molecule has 0 radical (unpaired) electrons. The molecular weight excluding hydrogens is 240 g/mol. The van der Waals surface area contributed by atoms with Gasteiger partial charge >= 0.3 is 7.12 Å². The van der Waals surface area contributed by atoms with Crippen LogP contribution in [0, 0.1) is 0 Å². The minimum Gasteiger partial charge on any atom is -0.497 e. The minimum atomic E-state index is -0.273. The molecule has 2 unspecified atom stereocenters. The molecule has 0 aromatic heterocycles. The third kappa shape index (κ3) is 2.04. The van der Waals surface area contributed by atoms with Gasteiger partial charge in [-0.1, -0.05) is 0 Å². The van der Waals surface area contributed by atoms with Crippen LogP contribution in [0.4, 0.5) is 0 Å². The van der Waals surface area contributed by atoms with Gasteiger partial charge in [0.1, 0.15) is 6.61 Å². The molecule has 0 spiro atoms. The quantitative estimate of drug-likeness (QED) is 0.710. The van der Waals surface area contributed by atoms with E-state index in [9.17, 15) is 0 Å². The number of hydrogen-bond donors (Lipinski definition) is 1. The van der Waals surface area contributed by atoms with E-state index in [1.54, 1.807) is 6.26 Å². The van der Waals surface area contributed by atoms with Gasteiger partial charge in [0.25, 0.3) is 0 Å². The number of allylic oxidation sites excluding steroid dienone is 3. The highest BCUT2D eigenvalue weighted by molar-refractivity contribution is 6.57. The molecule has 92 valence electrons. The van der Waals surface area contributed by atoms with E-state index in [2.05, 4.69) is 0 Å². The van der Waals surface area contributed by atoms with Crippen LogP contribution < -0.4 is 5.73 Å². The molecule has 0 aromatic carbocycles. The normalized spacial score (nSPS) is 30.2. The lowest BCUT2D eigenvalue weighted by molar-refractivity contribution is 0.151. The zero-order valence-electron chi connectivity index (χ0n) is 9.59. The van der Waals surface area contributed by atoms with Gasteiger partial charge in [-0.3, -0.25) is 0 Å². The molecule has 0 bridgehead atoms. The SMILES string of the molecule is CC1OB2OC(CN)C=C3C=COCC1=C23.Cl. The van der Waals surface area contributed by atoms with Crippen molar-refractivity contribution in [2.24, 2.45) is 5.73 Å². The van der Waals surface area contributed by atoms with Crippen molar-refractivity contribution >= 4 is 19.5 Å². The van der Waals surface area contributed by atoms with Crippen molar-refractivity contribution in [1.82, 2.24) is 0 Å². The molecule has 3 heterocycles. The minimum absolute atomic E-state index is 0.